The minimum Gasteiger partial charge on any atom is -0.327 e. The molecule has 2 N–H and O–H groups in total. The Bertz CT molecular complexity index is 279. The van der Waals surface area contributed by atoms with Crippen LogP contribution in [0.2, 0.25) is 0 Å². The van der Waals surface area contributed by atoms with Gasteiger partial charge in [-0.1, -0.05) is 26.0 Å². The lowest BCUT2D eigenvalue weighted by Crippen LogP contribution is -2.26. The number of aryl methyl sites for hydroxylation is 1. The number of halogens is 1. The molecule has 1 aromatic carbocycles. The highest BCUT2D eigenvalue weighted by Crippen LogP contribution is 2.10. The van der Waals surface area contributed by atoms with Crippen LogP contribution < -0.4 is 5.73 Å². The first-order chi connectivity index (χ1) is 7.09. The Balaban J connectivity index is 2.29. The van der Waals surface area contributed by atoms with Crippen molar-refractivity contribution in [2.24, 2.45) is 11.7 Å². The molecule has 0 aromatic heterocycles. The van der Waals surface area contributed by atoms with Gasteiger partial charge in [0.1, 0.15) is 5.82 Å². The zero-order valence-corrected chi connectivity index (χ0v) is 9.54. The minimum atomic E-state index is -0.169. The number of hydrogen-bond donors (Lipinski definition) is 1. The molecule has 1 atom stereocenters. The average molecular weight is 209 g/mol. The Morgan fingerprint density at radius 2 is 1.80 bits per heavy atom. The standard InChI is InChI=1S/C13H20FN/c1-10(2)13(15)5-3-4-11-6-8-12(14)9-7-11/h6-10,13H,3-5,15H2,1-2H3. The van der Waals surface area contributed by atoms with Gasteiger partial charge in [0.25, 0.3) is 0 Å². The summed E-state index contributed by atoms with van der Waals surface area (Å²) in [5.41, 5.74) is 7.13. The van der Waals surface area contributed by atoms with Gasteiger partial charge in [0.05, 0.1) is 0 Å². The Labute approximate surface area is 91.5 Å². The monoisotopic (exact) mass is 209 g/mol. The maximum absolute atomic E-state index is 12.6. The van der Waals surface area contributed by atoms with Crippen LogP contribution in [-0.4, -0.2) is 6.04 Å². The van der Waals surface area contributed by atoms with Crippen molar-refractivity contribution in [3.8, 4) is 0 Å². The van der Waals surface area contributed by atoms with Crippen LogP contribution in [0.15, 0.2) is 24.3 Å². The molecule has 0 bridgehead atoms. The van der Waals surface area contributed by atoms with E-state index in [1.807, 2.05) is 12.1 Å². The molecule has 0 radical (unpaired) electrons. The fourth-order valence-electron chi connectivity index (χ4n) is 1.53. The summed E-state index contributed by atoms with van der Waals surface area (Å²) >= 11 is 0. The van der Waals surface area contributed by atoms with Crippen LogP contribution >= 0.6 is 0 Å². The third-order valence-corrected chi connectivity index (χ3v) is 2.77. The summed E-state index contributed by atoms with van der Waals surface area (Å²) in [7, 11) is 0. The van der Waals surface area contributed by atoms with Crippen LogP contribution in [0.5, 0.6) is 0 Å². The van der Waals surface area contributed by atoms with Gasteiger partial charge in [0.15, 0.2) is 0 Å². The summed E-state index contributed by atoms with van der Waals surface area (Å²) in [6.07, 6.45) is 3.10. The first kappa shape index (κ1) is 12.2. The molecule has 84 valence electrons. The number of benzene rings is 1. The molecule has 1 nitrogen and oxygen atoms in total. The van der Waals surface area contributed by atoms with Gasteiger partial charge in [-0.05, 0) is 42.9 Å². The topological polar surface area (TPSA) is 26.0 Å². The largest absolute Gasteiger partial charge is 0.327 e. The minimum absolute atomic E-state index is 0.169. The molecule has 1 unspecified atom stereocenters. The van der Waals surface area contributed by atoms with Crippen LogP contribution in [0.1, 0.15) is 32.3 Å². The molecular weight excluding hydrogens is 189 g/mol. The molecular formula is C13H20FN. The fourth-order valence-corrected chi connectivity index (χ4v) is 1.53. The van der Waals surface area contributed by atoms with Crippen LogP contribution in [-0.2, 0) is 6.42 Å². The quantitative estimate of drug-likeness (QED) is 0.792. The highest BCUT2D eigenvalue weighted by atomic mass is 19.1. The molecule has 15 heavy (non-hydrogen) atoms. The second kappa shape index (κ2) is 5.86. The van der Waals surface area contributed by atoms with Gasteiger partial charge >= 0.3 is 0 Å². The lowest BCUT2D eigenvalue weighted by molar-refractivity contribution is 0.452. The van der Waals surface area contributed by atoms with Gasteiger partial charge < -0.3 is 5.73 Å². The molecule has 0 amide bonds. The summed E-state index contributed by atoms with van der Waals surface area (Å²) in [6.45, 7) is 4.28. The molecule has 1 aromatic rings. The van der Waals surface area contributed by atoms with E-state index >= 15 is 0 Å². The molecule has 0 aliphatic rings. The molecule has 0 saturated carbocycles. The number of rotatable bonds is 5. The molecule has 0 spiro atoms. The third kappa shape index (κ3) is 4.43. The highest BCUT2D eigenvalue weighted by Gasteiger charge is 2.06. The van der Waals surface area contributed by atoms with E-state index in [-0.39, 0.29) is 11.9 Å². The Morgan fingerprint density at radius 1 is 1.20 bits per heavy atom. The highest BCUT2D eigenvalue weighted by molar-refractivity contribution is 5.15. The first-order valence-corrected chi connectivity index (χ1v) is 5.59. The lowest BCUT2D eigenvalue weighted by atomic mass is 9.98. The molecule has 0 aliphatic heterocycles. The Morgan fingerprint density at radius 3 is 2.33 bits per heavy atom. The fraction of sp³-hybridized carbons (Fsp3) is 0.538. The van der Waals surface area contributed by atoms with Gasteiger partial charge in [0, 0.05) is 6.04 Å². The number of nitrogens with two attached hydrogens (primary N) is 1. The third-order valence-electron chi connectivity index (χ3n) is 2.77. The van der Waals surface area contributed by atoms with Crippen molar-refractivity contribution in [3.63, 3.8) is 0 Å². The second-order valence-corrected chi connectivity index (χ2v) is 4.43. The van der Waals surface area contributed by atoms with E-state index in [0.29, 0.717) is 5.92 Å². The predicted octanol–water partition coefficient (Wildman–Crippen LogP) is 3.13. The zero-order chi connectivity index (χ0) is 11.3. The van der Waals surface area contributed by atoms with Crippen LogP contribution in [0, 0.1) is 11.7 Å². The van der Waals surface area contributed by atoms with Gasteiger partial charge in [0.2, 0.25) is 0 Å². The molecule has 0 saturated heterocycles. The van der Waals surface area contributed by atoms with Gasteiger partial charge in [-0.3, -0.25) is 0 Å². The van der Waals surface area contributed by atoms with E-state index in [9.17, 15) is 4.39 Å². The molecule has 0 fully saturated rings. The van der Waals surface area contributed by atoms with Crippen LogP contribution in [0.3, 0.4) is 0 Å². The summed E-state index contributed by atoms with van der Waals surface area (Å²) in [6, 6.07) is 6.99. The van der Waals surface area contributed by atoms with Gasteiger partial charge in [-0.25, -0.2) is 4.39 Å². The van der Waals surface area contributed by atoms with Crippen molar-refractivity contribution in [3.05, 3.63) is 35.6 Å². The molecule has 0 heterocycles. The van der Waals surface area contributed by atoms with Gasteiger partial charge in [-0.2, -0.15) is 0 Å². The van der Waals surface area contributed by atoms with Gasteiger partial charge in [-0.15, -0.1) is 0 Å². The van der Waals surface area contributed by atoms with Crippen molar-refractivity contribution in [2.45, 2.75) is 39.2 Å². The lowest BCUT2D eigenvalue weighted by Gasteiger charge is -2.14. The van der Waals surface area contributed by atoms with E-state index < -0.39 is 0 Å². The summed E-state index contributed by atoms with van der Waals surface area (Å²) in [5, 5.41) is 0. The van der Waals surface area contributed by atoms with E-state index in [4.69, 9.17) is 5.73 Å². The Hall–Kier alpha value is -0.890. The summed E-state index contributed by atoms with van der Waals surface area (Å²) in [5.74, 6) is 0.371. The average Bonchev–Trinajstić information content (AvgIpc) is 2.20. The molecule has 0 aliphatic carbocycles. The van der Waals surface area contributed by atoms with E-state index in [0.717, 1.165) is 19.3 Å². The van der Waals surface area contributed by atoms with Crippen molar-refractivity contribution in [1.29, 1.82) is 0 Å². The van der Waals surface area contributed by atoms with Crippen LogP contribution in [0.4, 0.5) is 4.39 Å². The molecule has 1 rings (SSSR count). The summed E-state index contributed by atoms with van der Waals surface area (Å²) < 4.78 is 12.6. The molecule has 2 heteroatoms. The van der Waals surface area contributed by atoms with Crippen molar-refractivity contribution >= 4 is 0 Å². The normalized spacial score (nSPS) is 13.1. The number of hydrogen-bond acceptors (Lipinski definition) is 1. The van der Waals surface area contributed by atoms with Crippen molar-refractivity contribution in [2.75, 3.05) is 0 Å². The van der Waals surface area contributed by atoms with Crippen molar-refractivity contribution in [1.82, 2.24) is 0 Å². The predicted molar refractivity (Wildman–Crippen MR) is 62.2 cm³/mol. The van der Waals surface area contributed by atoms with E-state index in [1.54, 1.807) is 0 Å². The van der Waals surface area contributed by atoms with Crippen molar-refractivity contribution < 1.29 is 4.39 Å². The summed E-state index contributed by atoms with van der Waals surface area (Å²) in [4.78, 5) is 0. The zero-order valence-electron chi connectivity index (χ0n) is 9.54. The maximum Gasteiger partial charge on any atom is 0.123 e. The Kier molecular flexibility index (Phi) is 4.76. The van der Waals surface area contributed by atoms with Crippen LogP contribution in [0.25, 0.3) is 0 Å². The SMILES string of the molecule is CC(C)C(N)CCCc1ccc(F)cc1. The van der Waals surface area contributed by atoms with E-state index in [1.165, 1.54) is 17.7 Å². The maximum atomic E-state index is 12.6. The van der Waals surface area contributed by atoms with E-state index in [2.05, 4.69) is 13.8 Å². The first-order valence-electron chi connectivity index (χ1n) is 5.59. The second-order valence-electron chi connectivity index (χ2n) is 4.43. The smallest absolute Gasteiger partial charge is 0.123 e.